The predicted molar refractivity (Wildman–Crippen MR) is 221 cm³/mol. The molecule has 4 aliphatic rings. The highest BCUT2D eigenvalue weighted by molar-refractivity contribution is 6.31. The van der Waals surface area contributed by atoms with Crippen LogP contribution in [0, 0.1) is 29.1 Å². The van der Waals surface area contributed by atoms with Crippen LogP contribution < -0.4 is 25.6 Å². The van der Waals surface area contributed by atoms with E-state index < -0.39 is 24.2 Å². The summed E-state index contributed by atoms with van der Waals surface area (Å²) < 4.78 is 6.09. The van der Waals surface area contributed by atoms with Crippen LogP contribution in [0.3, 0.4) is 0 Å². The molecule has 3 aromatic carbocycles. The first kappa shape index (κ1) is 41.9. The molecule has 12 heteroatoms. The molecule has 1 saturated heterocycles. The van der Waals surface area contributed by atoms with Crippen LogP contribution in [0.2, 0.25) is 5.02 Å². The minimum absolute atomic E-state index is 0.0295. The van der Waals surface area contributed by atoms with Gasteiger partial charge >= 0.3 is 0 Å². The number of amides is 2. The summed E-state index contributed by atoms with van der Waals surface area (Å²) in [5.74, 6) is 0.924. The van der Waals surface area contributed by atoms with Gasteiger partial charge in [-0.1, -0.05) is 68.8 Å². The molecule has 0 aromatic heterocycles. The molecule has 304 valence electrons. The lowest BCUT2D eigenvalue weighted by Crippen LogP contribution is -2.62. The molecular formula is C44H60ClN5O6. The van der Waals surface area contributed by atoms with E-state index in [0.717, 1.165) is 34.4 Å². The number of hydroxylamine groups is 2. The number of aliphatic hydroxyl groups excluding tert-OH is 2. The van der Waals surface area contributed by atoms with Gasteiger partial charge in [0.25, 0.3) is 5.91 Å². The lowest BCUT2D eigenvalue weighted by atomic mass is 9.45. The number of hydrogen-bond acceptors (Lipinski definition) is 9. The molecule has 56 heavy (non-hydrogen) atoms. The fourth-order valence-corrected chi connectivity index (χ4v) is 9.82. The molecule has 11 nitrogen and oxygen atoms in total. The summed E-state index contributed by atoms with van der Waals surface area (Å²) in [5, 5.41) is 33.3. The Morgan fingerprint density at radius 1 is 1.09 bits per heavy atom. The molecule has 5 N–H and O–H groups in total. The predicted octanol–water partition coefficient (Wildman–Crippen LogP) is 5.30. The number of nitrogens with one attached hydrogen (secondary N) is 3. The summed E-state index contributed by atoms with van der Waals surface area (Å²) in [6, 6.07) is 18.1. The summed E-state index contributed by atoms with van der Waals surface area (Å²) >= 11 is 6.48. The van der Waals surface area contributed by atoms with Gasteiger partial charge in [-0.2, -0.15) is 5.06 Å². The smallest absolute Gasteiger partial charge is 0.251 e. The summed E-state index contributed by atoms with van der Waals surface area (Å²) in [6.07, 6.45) is 1.01. The zero-order chi connectivity index (χ0) is 40.5. The topological polar surface area (TPSA) is 136 Å². The number of benzene rings is 3. The van der Waals surface area contributed by atoms with Crippen LogP contribution in [0.4, 0.5) is 5.69 Å². The zero-order valence-corrected chi connectivity index (χ0v) is 34.8. The largest absolute Gasteiger partial charge is 0.496 e. The van der Waals surface area contributed by atoms with Gasteiger partial charge in [0.05, 0.1) is 26.4 Å². The standard InChI is InChI=1S/C44H60ClN5O6/c1-25-35-20-31(44(35,3)4)21-37(25)48-43(54)40-39(26(2)52)38(24-51)56-50(40)23-28-13-11-14-34(41(28)55-8)29-16-30(19-33(18-29)49(6)7)42(53)47-32(22-46-5)17-27-12-9-10-15-36(27)45/h9-16,18-19,25-26,31-32,35,37-40,46,51-52H,17,20-24H2,1-8H3,(H,47,53)(H,48,54)/t25-,26-,31+,32-,35-,37-,38-,39+,40-/m0/s1. The minimum Gasteiger partial charge on any atom is -0.496 e. The molecule has 9 atom stereocenters. The van der Waals surface area contributed by atoms with Crippen molar-refractivity contribution in [2.24, 2.45) is 29.1 Å². The van der Waals surface area contributed by atoms with E-state index >= 15 is 0 Å². The molecule has 4 fully saturated rings. The van der Waals surface area contributed by atoms with Gasteiger partial charge in [0.1, 0.15) is 17.9 Å². The average Bonchev–Trinajstić information content (AvgIpc) is 3.54. The molecule has 3 aliphatic carbocycles. The molecule has 3 aromatic rings. The Labute approximate surface area is 337 Å². The number of nitrogens with zero attached hydrogens (tertiary/aromatic N) is 2. The van der Waals surface area contributed by atoms with Gasteiger partial charge < -0.3 is 35.8 Å². The van der Waals surface area contributed by atoms with Gasteiger partial charge in [0, 0.05) is 66.0 Å². The second-order valence-corrected chi connectivity index (χ2v) is 17.3. The van der Waals surface area contributed by atoms with Gasteiger partial charge in [0.15, 0.2) is 0 Å². The highest BCUT2D eigenvalue weighted by Crippen LogP contribution is 2.61. The van der Waals surface area contributed by atoms with E-state index in [1.54, 1.807) is 19.1 Å². The van der Waals surface area contributed by atoms with Crippen molar-refractivity contribution in [1.29, 1.82) is 0 Å². The molecule has 7 rings (SSSR count). The van der Waals surface area contributed by atoms with Gasteiger partial charge in [-0.25, -0.2) is 0 Å². The maximum Gasteiger partial charge on any atom is 0.251 e. The van der Waals surface area contributed by atoms with Crippen molar-refractivity contribution in [3.8, 4) is 16.9 Å². The Balaban J connectivity index is 1.28. The molecule has 0 unspecified atom stereocenters. The number of aliphatic hydroxyl groups is 2. The minimum atomic E-state index is -0.909. The molecule has 3 saturated carbocycles. The number of anilines is 1. The number of ether oxygens (including phenoxy) is 1. The van der Waals surface area contributed by atoms with E-state index in [2.05, 4.69) is 36.7 Å². The van der Waals surface area contributed by atoms with Gasteiger partial charge in [-0.15, -0.1) is 0 Å². The molecule has 0 spiro atoms. The first-order valence-electron chi connectivity index (χ1n) is 19.9. The average molecular weight is 790 g/mol. The summed E-state index contributed by atoms with van der Waals surface area (Å²) in [6.45, 7) is 8.91. The van der Waals surface area contributed by atoms with E-state index in [-0.39, 0.29) is 42.5 Å². The van der Waals surface area contributed by atoms with Crippen molar-refractivity contribution >= 4 is 29.1 Å². The quantitative estimate of drug-likeness (QED) is 0.139. The summed E-state index contributed by atoms with van der Waals surface area (Å²) in [7, 11) is 7.32. The summed E-state index contributed by atoms with van der Waals surface area (Å²) in [4.78, 5) is 36.5. The number of para-hydroxylation sites is 1. The maximum atomic E-state index is 14.3. The van der Waals surface area contributed by atoms with E-state index in [0.29, 0.717) is 47.1 Å². The second kappa shape index (κ2) is 17.4. The van der Waals surface area contributed by atoms with Crippen molar-refractivity contribution in [3.63, 3.8) is 0 Å². The van der Waals surface area contributed by atoms with Crippen molar-refractivity contribution in [3.05, 3.63) is 82.4 Å². The van der Waals surface area contributed by atoms with Crippen LogP contribution in [0.25, 0.3) is 11.1 Å². The van der Waals surface area contributed by atoms with Gasteiger partial charge in [-0.05, 0) is 91.8 Å². The van der Waals surface area contributed by atoms with Crippen LogP contribution in [-0.4, -0.2) is 98.8 Å². The number of rotatable bonds is 15. The SMILES string of the molecule is CNC[C@H](Cc1ccccc1Cl)NC(=O)c1cc(-c2cccc(CN3O[C@@H](CO)[C@@H]([C@H](C)O)[C@H]3C(=O)N[C@H]3C[C@H]4C[C@@H]([C@@H]3C)C4(C)C)c2OC)cc(N(C)C)c1. The lowest BCUT2D eigenvalue weighted by molar-refractivity contribution is -0.183. The number of hydrogen-bond donors (Lipinski definition) is 5. The maximum absolute atomic E-state index is 14.3. The first-order chi connectivity index (χ1) is 26.7. The summed E-state index contributed by atoms with van der Waals surface area (Å²) in [5.41, 5.74) is 4.83. The van der Waals surface area contributed by atoms with Crippen LogP contribution in [-0.2, 0) is 22.6 Å². The lowest BCUT2D eigenvalue weighted by Gasteiger charge is -2.62. The van der Waals surface area contributed by atoms with E-state index in [9.17, 15) is 19.8 Å². The number of methoxy groups -OCH3 is 1. The van der Waals surface area contributed by atoms with Crippen molar-refractivity contribution in [1.82, 2.24) is 21.0 Å². The Morgan fingerprint density at radius 3 is 2.45 bits per heavy atom. The molecule has 1 aliphatic heterocycles. The number of carbonyl (C=O) groups excluding carboxylic acids is 2. The van der Waals surface area contributed by atoms with Gasteiger partial charge in [-0.3, -0.25) is 14.4 Å². The van der Waals surface area contributed by atoms with Crippen LogP contribution in [0.15, 0.2) is 60.7 Å². The zero-order valence-electron chi connectivity index (χ0n) is 34.0. The highest BCUT2D eigenvalue weighted by atomic mass is 35.5. The van der Waals surface area contributed by atoms with E-state index in [4.69, 9.17) is 21.2 Å². The third kappa shape index (κ3) is 8.44. The van der Waals surface area contributed by atoms with Crippen LogP contribution >= 0.6 is 11.6 Å². The number of carbonyl (C=O) groups is 2. The van der Waals surface area contributed by atoms with Crippen molar-refractivity contribution in [2.75, 3.05) is 46.3 Å². The van der Waals surface area contributed by atoms with Crippen molar-refractivity contribution < 1.29 is 29.4 Å². The third-order valence-corrected chi connectivity index (χ3v) is 13.3. The number of likely N-dealkylation sites (N-methyl/N-ethyl adjacent to an activating group) is 1. The second-order valence-electron chi connectivity index (χ2n) is 16.9. The molecule has 1 heterocycles. The molecular weight excluding hydrogens is 730 g/mol. The molecule has 0 radical (unpaired) electrons. The van der Waals surface area contributed by atoms with Crippen LogP contribution in [0.5, 0.6) is 5.75 Å². The van der Waals surface area contributed by atoms with E-state index in [1.165, 1.54) is 6.42 Å². The number of fused-ring (bicyclic) bond motifs is 2. The Hall–Kier alpha value is -3.71. The molecule has 2 amide bonds. The Bertz CT molecular complexity index is 1870. The fraction of sp³-hybridized carbons (Fsp3) is 0.545. The normalized spacial score (nSPS) is 26.5. The fourth-order valence-electron chi connectivity index (χ4n) is 9.60. The first-order valence-corrected chi connectivity index (χ1v) is 20.3. The number of halogens is 1. The Morgan fingerprint density at radius 2 is 1.82 bits per heavy atom. The highest BCUT2D eigenvalue weighted by Gasteiger charge is 2.57. The van der Waals surface area contributed by atoms with Gasteiger partial charge in [0.2, 0.25) is 5.91 Å². The monoisotopic (exact) mass is 789 g/mol. The third-order valence-electron chi connectivity index (χ3n) is 12.9. The Kier molecular flexibility index (Phi) is 13.0. The van der Waals surface area contributed by atoms with E-state index in [1.807, 2.05) is 86.7 Å². The van der Waals surface area contributed by atoms with Crippen molar-refractivity contribution in [2.45, 2.75) is 83.8 Å². The molecule has 2 bridgehead atoms. The van der Waals surface area contributed by atoms with Crippen LogP contribution in [0.1, 0.15) is 62.0 Å².